The molecule has 2 N–H and O–H groups in total. The molecule has 0 aromatic carbocycles. The largest absolute Gasteiger partial charge is 0.357 e. The number of hydrogen-bond acceptors (Lipinski definition) is 3. The number of amides is 1. The molecule has 1 aliphatic rings. The predicted molar refractivity (Wildman–Crippen MR) is 102 cm³/mol. The summed E-state index contributed by atoms with van der Waals surface area (Å²) in [7, 11) is 0. The SMILES string of the molecule is CCNC(=NCc1ccc(C)s1)NCCCN1CCCCCC1=O. The molecule has 24 heavy (non-hydrogen) atoms. The van der Waals surface area contributed by atoms with Crippen LogP contribution in [0.5, 0.6) is 0 Å². The van der Waals surface area contributed by atoms with E-state index in [1.807, 2.05) is 4.90 Å². The molecule has 6 heteroatoms. The lowest BCUT2D eigenvalue weighted by atomic mass is 10.2. The molecule has 0 aliphatic carbocycles. The summed E-state index contributed by atoms with van der Waals surface area (Å²) in [6, 6.07) is 4.27. The summed E-state index contributed by atoms with van der Waals surface area (Å²) in [5.74, 6) is 1.17. The maximum absolute atomic E-state index is 12.0. The molecule has 2 rings (SSSR count). The van der Waals surface area contributed by atoms with E-state index in [1.165, 1.54) is 16.2 Å². The zero-order valence-corrected chi connectivity index (χ0v) is 15.8. The van der Waals surface area contributed by atoms with Gasteiger partial charge in [0, 0.05) is 42.4 Å². The van der Waals surface area contributed by atoms with Crippen LogP contribution in [0.4, 0.5) is 0 Å². The average molecular weight is 351 g/mol. The molecule has 134 valence electrons. The Hall–Kier alpha value is -1.56. The summed E-state index contributed by atoms with van der Waals surface area (Å²) in [6.07, 6.45) is 5.04. The monoisotopic (exact) mass is 350 g/mol. The van der Waals surface area contributed by atoms with Gasteiger partial charge in [-0.2, -0.15) is 0 Å². The second-order valence-electron chi connectivity index (χ2n) is 6.18. The van der Waals surface area contributed by atoms with Gasteiger partial charge in [0.1, 0.15) is 0 Å². The fraction of sp³-hybridized carbons (Fsp3) is 0.667. The molecule has 0 bridgehead atoms. The number of nitrogens with zero attached hydrogens (tertiary/aromatic N) is 2. The number of aliphatic imine (C=N–C) groups is 1. The van der Waals surface area contributed by atoms with E-state index < -0.39 is 0 Å². The van der Waals surface area contributed by atoms with Gasteiger partial charge in [-0.25, -0.2) is 4.99 Å². The predicted octanol–water partition coefficient (Wildman–Crippen LogP) is 2.90. The highest BCUT2D eigenvalue weighted by Crippen LogP contribution is 2.15. The molecule has 1 amide bonds. The van der Waals surface area contributed by atoms with E-state index in [-0.39, 0.29) is 0 Å². The second kappa shape index (κ2) is 10.3. The highest BCUT2D eigenvalue weighted by atomic mass is 32.1. The lowest BCUT2D eigenvalue weighted by Gasteiger charge is -2.20. The van der Waals surface area contributed by atoms with Crippen molar-refractivity contribution in [3.8, 4) is 0 Å². The highest BCUT2D eigenvalue weighted by molar-refractivity contribution is 7.11. The van der Waals surface area contributed by atoms with Crippen molar-refractivity contribution in [1.82, 2.24) is 15.5 Å². The van der Waals surface area contributed by atoms with Crippen molar-refractivity contribution >= 4 is 23.2 Å². The van der Waals surface area contributed by atoms with E-state index in [0.717, 1.165) is 57.8 Å². The van der Waals surface area contributed by atoms with Gasteiger partial charge in [-0.05, 0) is 45.2 Å². The van der Waals surface area contributed by atoms with Gasteiger partial charge in [0.05, 0.1) is 6.54 Å². The Kier molecular flexibility index (Phi) is 8.08. The molecule has 0 saturated carbocycles. The normalized spacial score (nSPS) is 16.2. The summed E-state index contributed by atoms with van der Waals surface area (Å²) >= 11 is 1.79. The molecule has 0 radical (unpaired) electrons. The molecule has 1 saturated heterocycles. The van der Waals surface area contributed by atoms with Crippen LogP contribution in [0.15, 0.2) is 17.1 Å². The molecule has 1 fully saturated rings. The number of guanidine groups is 1. The number of carbonyl (C=O) groups excluding carboxylic acids is 1. The molecule has 2 heterocycles. The molecule has 0 spiro atoms. The Labute approximate surface area is 149 Å². The van der Waals surface area contributed by atoms with E-state index in [9.17, 15) is 4.79 Å². The molecule has 5 nitrogen and oxygen atoms in total. The minimum atomic E-state index is 0.320. The zero-order chi connectivity index (χ0) is 17.2. The molecular formula is C18H30N4OS. The third-order valence-electron chi connectivity index (χ3n) is 4.10. The first-order valence-electron chi connectivity index (χ1n) is 9.04. The Morgan fingerprint density at radius 1 is 1.29 bits per heavy atom. The number of aryl methyl sites for hydroxylation is 1. The molecular weight excluding hydrogens is 320 g/mol. The van der Waals surface area contributed by atoms with Crippen LogP contribution in [0, 0.1) is 6.92 Å². The second-order valence-corrected chi connectivity index (χ2v) is 7.55. The first-order valence-corrected chi connectivity index (χ1v) is 9.86. The van der Waals surface area contributed by atoms with Gasteiger partial charge in [0.15, 0.2) is 5.96 Å². The first kappa shape index (κ1) is 18.8. The van der Waals surface area contributed by atoms with Crippen LogP contribution in [-0.4, -0.2) is 42.9 Å². The van der Waals surface area contributed by atoms with E-state index in [0.29, 0.717) is 12.5 Å². The van der Waals surface area contributed by atoms with Crippen LogP contribution < -0.4 is 10.6 Å². The Morgan fingerprint density at radius 3 is 2.92 bits per heavy atom. The minimum absolute atomic E-state index is 0.320. The van der Waals surface area contributed by atoms with Gasteiger partial charge >= 0.3 is 0 Å². The van der Waals surface area contributed by atoms with Crippen LogP contribution in [0.3, 0.4) is 0 Å². The number of nitrogens with one attached hydrogen (secondary N) is 2. The highest BCUT2D eigenvalue weighted by Gasteiger charge is 2.15. The van der Waals surface area contributed by atoms with Gasteiger partial charge in [-0.3, -0.25) is 4.79 Å². The van der Waals surface area contributed by atoms with Gasteiger partial charge in [-0.1, -0.05) is 6.42 Å². The first-order chi connectivity index (χ1) is 11.7. The van der Waals surface area contributed by atoms with Crippen molar-refractivity contribution in [3.05, 3.63) is 21.9 Å². The number of carbonyl (C=O) groups is 1. The zero-order valence-electron chi connectivity index (χ0n) is 14.9. The third-order valence-corrected chi connectivity index (χ3v) is 5.09. The average Bonchev–Trinajstić information content (AvgIpc) is 2.87. The number of rotatable bonds is 7. The van der Waals surface area contributed by atoms with E-state index in [4.69, 9.17) is 0 Å². The van der Waals surface area contributed by atoms with Gasteiger partial charge in [0.2, 0.25) is 5.91 Å². The van der Waals surface area contributed by atoms with Gasteiger partial charge in [-0.15, -0.1) is 11.3 Å². The molecule has 1 aromatic rings. The Bertz CT molecular complexity index is 541. The van der Waals surface area contributed by atoms with Crippen molar-refractivity contribution in [2.45, 2.75) is 52.5 Å². The smallest absolute Gasteiger partial charge is 0.222 e. The summed E-state index contributed by atoms with van der Waals surface area (Å²) in [6.45, 7) is 8.34. The lowest BCUT2D eigenvalue weighted by Crippen LogP contribution is -2.39. The summed E-state index contributed by atoms with van der Waals surface area (Å²) in [5.41, 5.74) is 0. The maximum atomic E-state index is 12.0. The van der Waals surface area contributed by atoms with E-state index >= 15 is 0 Å². The quantitative estimate of drug-likeness (QED) is 0.452. The molecule has 1 aromatic heterocycles. The number of thiophene rings is 1. The molecule has 1 aliphatic heterocycles. The fourth-order valence-corrected chi connectivity index (χ4v) is 3.64. The molecule has 0 atom stereocenters. The third kappa shape index (κ3) is 6.51. The van der Waals surface area contributed by atoms with Crippen molar-refractivity contribution in [2.75, 3.05) is 26.2 Å². The Morgan fingerprint density at radius 2 is 2.17 bits per heavy atom. The van der Waals surface area contributed by atoms with Crippen molar-refractivity contribution < 1.29 is 4.79 Å². The fourth-order valence-electron chi connectivity index (χ4n) is 2.82. The summed E-state index contributed by atoms with van der Waals surface area (Å²) < 4.78 is 0. The standard InChI is InChI=1S/C18H30N4OS/c1-3-19-18(21-14-16-10-9-15(2)24-16)20-11-7-13-22-12-6-4-5-8-17(22)23/h9-10H,3-8,11-14H2,1-2H3,(H2,19,20,21). The van der Waals surface area contributed by atoms with Crippen LogP contribution in [0.2, 0.25) is 0 Å². The van der Waals surface area contributed by atoms with E-state index in [1.54, 1.807) is 11.3 Å². The van der Waals surface area contributed by atoms with Crippen LogP contribution >= 0.6 is 11.3 Å². The molecule has 0 unspecified atom stereocenters. The number of likely N-dealkylation sites (tertiary alicyclic amines) is 1. The van der Waals surface area contributed by atoms with Crippen molar-refractivity contribution in [2.24, 2.45) is 4.99 Å². The van der Waals surface area contributed by atoms with Crippen LogP contribution in [0.1, 0.15) is 48.8 Å². The minimum Gasteiger partial charge on any atom is -0.357 e. The summed E-state index contributed by atoms with van der Waals surface area (Å²) in [4.78, 5) is 21.2. The Balaban J connectivity index is 1.73. The number of hydrogen-bond donors (Lipinski definition) is 2. The van der Waals surface area contributed by atoms with Crippen molar-refractivity contribution in [3.63, 3.8) is 0 Å². The van der Waals surface area contributed by atoms with E-state index in [2.05, 4.69) is 41.6 Å². The van der Waals surface area contributed by atoms with Gasteiger partial charge < -0.3 is 15.5 Å². The van der Waals surface area contributed by atoms with Crippen molar-refractivity contribution in [1.29, 1.82) is 0 Å². The summed E-state index contributed by atoms with van der Waals surface area (Å²) in [5, 5.41) is 6.65. The maximum Gasteiger partial charge on any atom is 0.222 e. The topological polar surface area (TPSA) is 56.7 Å². The lowest BCUT2D eigenvalue weighted by molar-refractivity contribution is -0.130. The van der Waals surface area contributed by atoms with Gasteiger partial charge in [0.25, 0.3) is 0 Å². The van der Waals surface area contributed by atoms with Crippen LogP contribution in [0.25, 0.3) is 0 Å². The van der Waals surface area contributed by atoms with Crippen LogP contribution in [-0.2, 0) is 11.3 Å².